The Labute approximate surface area is 139 Å². The average molecular weight is 328 g/mol. The Morgan fingerprint density at radius 3 is 2.12 bits per heavy atom. The van der Waals surface area contributed by atoms with Crippen LogP contribution in [-0.4, -0.2) is 0 Å². The fourth-order valence-corrected chi connectivity index (χ4v) is 2.82. The summed E-state index contributed by atoms with van der Waals surface area (Å²) in [5.41, 5.74) is 4.25. The van der Waals surface area contributed by atoms with Gasteiger partial charge in [-0.3, -0.25) is 0 Å². The predicted molar refractivity (Wildman–Crippen MR) is 88.2 cm³/mol. The van der Waals surface area contributed by atoms with E-state index >= 15 is 0 Å². The van der Waals surface area contributed by atoms with Crippen LogP contribution in [0.3, 0.4) is 0 Å². The summed E-state index contributed by atoms with van der Waals surface area (Å²) in [6, 6.07) is 18.7. The molecule has 1 aromatic heterocycles. The molecule has 1 nitrogen and oxygen atoms in total. The molecule has 0 aliphatic carbocycles. The zero-order valence-corrected chi connectivity index (χ0v) is 13.4. The highest BCUT2D eigenvalue weighted by Crippen LogP contribution is 2.31. The van der Waals surface area contributed by atoms with Crippen LogP contribution >= 0.6 is 0 Å². The molecule has 3 rings (SSSR count). The van der Waals surface area contributed by atoms with Crippen molar-refractivity contribution in [1.29, 1.82) is 0 Å². The number of nitrogens with zero attached hydrogens (tertiary/aromatic N) is 1. The summed E-state index contributed by atoms with van der Waals surface area (Å²) in [6.07, 6.45) is -3.21. The van der Waals surface area contributed by atoms with Crippen LogP contribution in [-0.2, 0) is 13.2 Å². The van der Waals surface area contributed by atoms with Crippen molar-refractivity contribution in [2.24, 2.45) is 7.05 Å². The van der Waals surface area contributed by atoms with Gasteiger partial charge < -0.3 is 0 Å². The number of aromatic nitrogens is 1. The zero-order valence-electron chi connectivity index (χ0n) is 13.4. The first kappa shape index (κ1) is 16.2. The van der Waals surface area contributed by atoms with Crippen molar-refractivity contribution in [1.82, 2.24) is 0 Å². The molecule has 3 aromatic rings. The lowest BCUT2D eigenvalue weighted by Crippen LogP contribution is -2.32. The van der Waals surface area contributed by atoms with E-state index in [1.807, 2.05) is 49.4 Å². The molecule has 0 saturated heterocycles. The average Bonchev–Trinajstić information content (AvgIpc) is 2.55. The first-order valence-electron chi connectivity index (χ1n) is 7.59. The van der Waals surface area contributed by atoms with E-state index in [2.05, 4.69) is 6.07 Å². The highest BCUT2D eigenvalue weighted by Gasteiger charge is 2.33. The highest BCUT2D eigenvalue weighted by molar-refractivity contribution is 5.70. The lowest BCUT2D eigenvalue weighted by molar-refractivity contribution is -0.661. The maximum atomic E-state index is 12.8. The molecule has 0 fully saturated rings. The molecule has 0 N–H and O–H groups in total. The summed E-state index contributed by atoms with van der Waals surface area (Å²) in [6.45, 7) is 1.97. The second-order valence-corrected chi connectivity index (χ2v) is 5.81. The van der Waals surface area contributed by atoms with Crippen LogP contribution in [0.2, 0.25) is 0 Å². The second kappa shape index (κ2) is 6.11. The molecule has 0 bridgehead atoms. The summed E-state index contributed by atoms with van der Waals surface area (Å²) in [7, 11) is 1.63. The van der Waals surface area contributed by atoms with E-state index in [0.717, 1.165) is 40.2 Å². The van der Waals surface area contributed by atoms with Gasteiger partial charge in [-0.05, 0) is 35.7 Å². The minimum absolute atomic E-state index is 0.646. The van der Waals surface area contributed by atoms with Gasteiger partial charge in [0.25, 0.3) is 0 Å². The number of hydrogen-bond donors (Lipinski definition) is 0. The monoisotopic (exact) mass is 328 g/mol. The number of pyridine rings is 1. The van der Waals surface area contributed by atoms with E-state index in [0.29, 0.717) is 0 Å². The molecule has 0 aliphatic rings. The van der Waals surface area contributed by atoms with Gasteiger partial charge in [0, 0.05) is 11.6 Å². The number of rotatable bonds is 2. The molecule has 24 heavy (non-hydrogen) atoms. The molecular formula is C20H17F3N+. The topological polar surface area (TPSA) is 3.88 Å². The van der Waals surface area contributed by atoms with Crippen molar-refractivity contribution in [3.05, 3.63) is 78.0 Å². The Morgan fingerprint density at radius 2 is 1.54 bits per heavy atom. The summed E-state index contributed by atoms with van der Waals surface area (Å²) in [5.74, 6) is 0. The van der Waals surface area contributed by atoms with Crippen molar-refractivity contribution >= 4 is 0 Å². The van der Waals surface area contributed by atoms with Crippen LogP contribution < -0.4 is 4.57 Å². The Morgan fingerprint density at radius 1 is 0.833 bits per heavy atom. The van der Waals surface area contributed by atoms with Crippen LogP contribution in [0.25, 0.3) is 22.4 Å². The Balaban J connectivity index is 2.02. The van der Waals surface area contributed by atoms with Gasteiger partial charge in [0.05, 0.1) is 0 Å². The van der Waals surface area contributed by atoms with E-state index in [1.165, 1.54) is 10.6 Å². The molecule has 2 aromatic carbocycles. The maximum absolute atomic E-state index is 12.8. The fraction of sp³-hybridized carbons (Fsp3) is 0.150. The van der Waals surface area contributed by atoms with Crippen molar-refractivity contribution in [2.75, 3.05) is 0 Å². The Hall–Kier alpha value is -2.62. The molecule has 1 heterocycles. The van der Waals surface area contributed by atoms with Crippen molar-refractivity contribution < 1.29 is 17.7 Å². The molecule has 122 valence electrons. The van der Waals surface area contributed by atoms with Crippen molar-refractivity contribution in [3.8, 4) is 22.4 Å². The first-order valence-corrected chi connectivity index (χ1v) is 7.59. The predicted octanol–water partition coefficient (Wildman–Crippen LogP) is 5.17. The third kappa shape index (κ3) is 3.18. The van der Waals surface area contributed by atoms with Crippen LogP contribution in [0.15, 0.2) is 66.9 Å². The summed E-state index contributed by atoms with van der Waals surface area (Å²) < 4.78 is 39.9. The van der Waals surface area contributed by atoms with Gasteiger partial charge in [-0.15, -0.1) is 0 Å². The summed E-state index contributed by atoms with van der Waals surface area (Å²) in [5, 5.41) is 0. The fourth-order valence-electron chi connectivity index (χ4n) is 2.82. The minimum atomic E-state index is -4.33. The molecular weight excluding hydrogens is 311 g/mol. The molecule has 0 atom stereocenters. The van der Waals surface area contributed by atoms with Crippen LogP contribution in [0.5, 0.6) is 0 Å². The quantitative estimate of drug-likeness (QED) is 0.571. The Bertz CT molecular complexity index is 868. The lowest BCUT2D eigenvalue weighted by atomic mass is 9.97. The molecule has 0 radical (unpaired) electrons. The lowest BCUT2D eigenvalue weighted by Gasteiger charge is -2.10. The van der Waals surface area contributed by atoms with Crippen LogP contribution in [0.4, 0.5) is 13.2 Å². The standard InChI is InChI=1S/C20H17F3N/c1-14-12-16(15-6-4-3-5-7-15)8-10-18(14)19-11-9-17(13-24(19)2)20(21,22)23/h3-13H,1-2H3/q+1. The molecule has 0 aliphatic heterocycles. The number of benzene rings is 2. The van der Waals surface area contributed by atoms with E-state index in [-0.39, 0.29) is 0 Å². The summed E-state index contributed by atoms with van der Waals surface area (Å²) in [4.78, 5) is 0. The first-order chi connectivity index (χ1) is 11.4. The van der Waals surface area contributed by atoms with Gasteiger partial charge in [0.15, 0.2) is 6.20 Å². The third-order valence-electron chi connectivity index (χ3n) is 4.07. The molecule has 0 unspecified atom stereocenters. The smallest absolute Gasteiger partial charge is 0.200 e. The van der Waals surface area contributed by atoms with Gasteiger partial charge >= 0.3 is 6.18 Å². The number of hydrogen-bond acceptors (Lipinski definition) is 0. The summed E-state index contributed by atoms with van der Waals surface area (Å²) >= 11 is 0. The number of halogens is 3. The van der Waals surface area contributed by atoms with Crippen LogP contribution in [0.1, 0.15) is 11.1 Å². The zero-order chi connectivity index (χ0) is 17.3. The molecule has 0 saturated carbocycles. The van der Waals surface area contributed by atoms with Gasteiger partial charge in [-0.2, -0.15) is 13.2 Å². The maximum Gasteiger partial charge on any atom is 0.422 e. The van der Waals surface area contributed by atoms with Gasteiger partial charge in [-0.25, -0.2) is 4.57 Å². The highest BCUT2D eigenvalue weighted by atomic mass is 19.4. The van der Waals surface area contributed by atoms with E-state index in [4.69, 9.17) is 0 Å². The van der Waals surface area contributed by atoms with Gasteiger partial charge in [-0.1, -0.05) is 42.5 Å². The minimum Gasteiger partial charge on any atom is -0.200 e. The van der Waals surface area contributed by atoms with Crippen LogP contribution in [0, 0.1) is 6.92 Å². The van der Waals surface area contributed by atoms with E-state index in [9.17, 15) is 13.2 Å². The SMILES string of the molecule is Cc1cc(-c2ccccc2)ccc1-c1ccc(C(F)(F)F)c[n+]1C. The van der Waals surface area contributed by atoms with Crippen molar-refractivity contribution in [3.63, 3.8) is 0 Å². The second-order valence-electron chi connectivity index (χ2n) is 5.81. The van der Waals surface area contributed by atoms with Gasteiger partial charge in [0.1, 0.15) is 12.6 Å². The normalized spacial score (nSPS) is 11.5. The van der Waals surface area contributed by atoms with Gasteiger partial charge in [0.2, 0.25) is 5.69 Å². The molecule has 0 spiro atoms. The Kier molecular flexibility index (Phi) is 4.14. The number of aryl methyl sites for hydroxylation is 2. The van der Waals surface area contributed by atoms with E-state index < -0.39 is 11.7 Å². The largest absolute Gasteiger partial charge is 0.422 e. The third-order valence-corrected chi connectivity index (χ3v) is 4.07. The molecule has 4 heteroatoms. The number of alkyl halides is 3. The van der Waals surface area contributed by atoms with E-state index in [1.54, 1.807) is 7.05 Å². The molecule has 0 amide bonds. The van der Waals surface area contributed by atoms with Crippen molar-refractivity contribution in [2.45, 2.75) is 13.1 Å².